The van der Waals surface area contributed by atoms with Crippen molar-refractivity contribution in [3.63, 3.8) is 0 Å². The van der Waals surface area contributed by atoms with Gasteiger partial charge in [0, 0.05) is 17.5 Å². The van der Waals surface area contributed by atoms with Gasteiger partial charge in [-0.1, -0.05) is 42.8 Å². The molecule has 0 saturated carbocycles. The number of nitrogens with zero attached hydrogens (tertiary/aromatic N) is 2. The third-order valence-electron chi connectivity index (χ3n) is 5.38. The lowest BCUT2D eigenvalue weighted by molar-refractivity contribution is 0.300. The maximum absolute atomic E-state index is 13.2. The van der Waals surface area contributed by atoms with E-state index in [1.54, 1.807) is 10.9 Å². The molecule has 0 N–H and O–H groups in total. The van der Waals surface area contributed by atoms with E-state index in [2.05, 4.69) is 56.1 Å². The highest BCUT2D eigenvalue weighted by atomic mass is 32.1. The van der Waals surface area contributed by atoms with Gasteiger partial charge < -0.3 is 4.74 Å². The molecule has 0 aliphatic carbocycles. The maximum Gasteiger partial charge on any atom is 0.262 e. The SMILES string of the molecule is CCc1ccc(OCCCn2cnc3scc(-c4ccc(C)cc4C)c3c2=O)cc1. The van der Waals surface area contributed by atoms with Crippen molar-refractivity contribution in [2.24, 2.45) is 0 Å². The van der Waals surface area contributed by atoms with Crippen molar-refractivity contribution in [3.8, 4) is 16.9 Å². The van der Waals surface area contributed by atoms with Gasteiger partial charge in [-0.3, -0.25) is 9.36 Å². The van der Waals surface area contributed by atoms with Crippen LogP contribution in [0.2, 0.25) is 0 Å². The summed E-state index contributed by atoms with van der Waals surface area (Å²) in [6, 6.07) is 14.5. The van der Waals surface area contributed by atoms with Gasteiger partial charge in [0.1, 0.15) is 10.6 Å². The van der Waals surface area contributed by atoms with Crippen molar-refractivity contribution in [1.29, 1.82) is 0 Å². The number of fused-ring (bicyclic) bond motifs is 1. The molecule has 4 rings (SSSR count). The molecule has 0 unspecified atom stereocenters. The summed E-state index contributed by atoms with van der Waals surface area (Å²) in [7, 11) is 0. The predicted octanol–water partition coefficient (Wildman–Crippen LogP) is 5.77. The minimum atomic E-state index is 0.0172. The lowest BCUT2D eigenvalue weighted by Gasteiger charge is -2.09. The molecule has 0 atom stereocenters. The fourth-order valence-corrected chi connectivity index (χ4v) is 4.58. The average molecular weight is 419 g/mol. The Morgan fingerprint density at radius 2 is 1.87 bits per heavy atom. The standard InChI is InChI=1S/C25H26N2O2S/c1-4-19-7-9-20(10-8-19)29-13-5-12-27-16-26-24-23(25(27)28)22(15-30-24)21-11-6-17(2)14-18(21)3/h6-11,14-16H,4-5,12-13H2,1-3H3. The van der Waals surface area contributed by atoms with E-state index in [0.717, 1.165) is 34.5 Å². The van der Waals surface area contributed by atoms with Crippen LogP contribution in [-0.2, 0) is 13.0 Å². The van der Waals surface area contributed by atoms with Crippen LogP contribution in [0.15, 0.2) is 59.0 Å². The summed E-state index contributed by atoms with van der Waals surface area (Å²) >= 11 is 1.52. The number of rotatable bonds is 7. The molecule has 5 heteroatoms. The Kier molecular flexibility index (Phi) is 6.00. The van der Waals surface area contributed by atoms with Crippen LogP contribution in [0.3, 0.4) is 0 Å². The molecule has 4 aromatic rings. The molecule has 154 valence electrons. The van der Waals surface area contributed by atoms with Crippen molar-refractivity contribution >= 4 is 21.6 Å². The highest BCUT2D eigenvalue weighted by Crippen LogP contribution is 2.33. The lowest BCUT2D eigenvalue weighted by atomic mass is 9.99. The number of ether oxygens (including phenoxy) is 1. The molecule has 0 aliphatic heterocycles. The van der Waals surface area contributed by atoms with Crippen LogP contribution >= 0.6 is 11.3 Å². The molecule has 0 amide bonds. The summed E-state index contributed by atoms with van der Waals surface area (Å²) in [5.74, 6) is 0.864. The molecule has 2 aromatic carbocycles. The highest BCUT2D eigenvalue weighted by molar-refractivity contribution is 7.17. The third kappa shape index (κ3) is 4.17. The van der Waals surface area contributed by atoms with Crippen molar-refractivity contribution in [1.82, 2.24) is 9.55 Å². The summed E-state index contributed by atoms with van der Waals surface area (Å²) in [5, 5.41) is 2.76. The van der Waals surface area contributed by atoms with Gasteiger partial charge in [-0.05, 0) is 55.5 Å². The first-order valence-corrected chi connectivity index (χ1v) is 11.2. The summed E-state index contributed by atoms with van der Waals surface area (Å²) < 4.78 is 7.53. The molecule has 0 fully saturated rings. The lowest BCUT2D eigenvalue weighted by Crippen LogP contribution is -2.21. The molecule has 0 spiro atoms. The van der Waals surface area contributed by atoms with E-state index in [1.807, 2.05) is 17.5 Å². The molecule has 4 nitrogen and oxygen atoms in total. The van der Waals surface area contributed by atoms with Crippen LogP contribution in [0.4, 0.5) is 0 Å². The first kappa shape index (κ1) is 20.4. The number of aryl methyl sites for hydroxylation is 4. The van der Waals surface area contributed by atoms with E-state index in [9.17, 15) is 4.79 Å². The third-order valence-corrected chi connectivity index (χ3v) is 6.26. The van der Waals surface area contributed by atoms with E-state index in [-0.39, 0.29) is 5.56 Å². The summed E-state index contributed by atoms with van der Waals surface area (Å²) in [6.45, 7) is 7.44. The van der Waals surface area contributed by atoms with Crippen LogP contribution in [-0.4, -0.2) is 16.2 Å². The zero-order valence-electron chi connectivity index (χ0n) is 17.6. The quantitative estimate of drug-likeness (QED) is 0.358. The highest BCUT2D eigenvalue weighted by Gasteiger charge is 2.14. The van der Waals surface area contributed by atoms with E-state index >= 15 is 0 Å². The van der Waals surface area contributed by atoms with Gasteiger partial charge in [0.05, 0.1) is 18.3 Å². The monoisotopic (exact) mass is 418 g/mol. The Morgan fingerprint density at radius 3 is 2.60 bits per heavy atom. The molecule has 0 bridgehead atoms. The Bertz CT molecular complexity index is 1220. The van der Waals surface area contributed by atoms with Gasteiger partial charge >= 0.3 is 0 Å². The van der Waals surface area contributed by atoms with Crippen molar-refractivity contribution < 1.29 is 4.74 Å². The van der Waals surface area contributed by atoms with Crippen LogP contribution in [0.1, 0.15) is 30.0 Å². The smallest absolute Gasteiger partial charge is 0.262 e. The Hall–Kier alpha value is -2.92. The van der Waals surface area contributed by atoms with E-state index in [4.69, 9.17) is 4.74 Å². The average Bonchev–Trinajstić information content (AvgIpc) is 3.18. The fraction of sp³-hybridized carbons (Fsp3) is 0.280. The second-order valence-corrected chi connectivity index (χ2v) is 8.45. The number of hydrogen-bond acceptors (Lipinski definition) is 4. The topological polar surface area (TPSA) is 44.1 Å². The normalized spacial score (nSPS) is 11.2. The molecule has 30 heavy (non-hydrogen) atoms. The molecule has 0 radical (unpaired) electrons. The van der Waals surface area contributed by atoms with Gasteiger partial charge in [-0.15, -0.1) is 11.3 Å². The molecule has 0 saturated heterocycles. The number of thiophene rings is 1. The van der Waals surface area contributed by atoms with Gasteiger partial charge in [0.2, 0.25) is 0 Å². The number of aromatic nitrogens is 2. The first-order chi connectivity index (χ1) is 14.6. The molecule has 2 heterocycles. The van der Waals surface area contributed by atoms with Crippen LogP contribution < -0.4 is 10.3 Å². The summed E-state index contributed by atoms with van der Waals surface area (Å²) in [6.07, 6.45) is 3.42. The van der Waals surface area contributed by atoms with E-state index in [0.29, 0.717) is 18.5 Å². The minimum Gasteiger partial charge on any atom is -0.494 e. The molecular formula is C25H26N2O2S. The van der Waals surface area contributed by atoms with Gasteiger partial charge in [0.25, 0.3) is 5.56 Å². The van der Waals surface area contributed by atoms with Crippen molar-refractivity contribution in [2.75, 3.05) is 6.61 Å². The Balaban J connectivity index is 1.51. The van der Waals surface area contributed by atoms with Crippen LogP contribution in [0.5, 0.6) is 5.75 Å². The fourth-order valence-electron chi connectivity index (χ4n) is 3.69. The minimum absolute atomic E-state index is 0.0172. The van der Waals surface area contributed by atoms with Gasteiger partial charge in [0.15, 0.2) is 0 Å². The molecular weight excluding hydrogens is 392 g/mol. The van der Waals surface area contributed by atoms with Gasteiger partial charge in [-0.2, -0.15) is 0 Å². The van der Waals surface area contributed by atoms with Crippen LogP contribution in [0.25, 0.3) is 21.3 Å². The van der Waals surface area contributed by atoms with Crippen molar-refractivity contribution in [2.45, 2.75) is 40.2 Å². The zero-order valence-corrected chi connectivity index (χ0v) is 18.5. The largest absolute Gasteiger partial charge is 0.494 e. The summed E-state index contributed by atoms with van der Waals surface area (Å²) in [5.41, 5.74) is 5.78. The summed E-state index contributed by atoms with van der Waals surface area (Å²) in [4.78, 5) is 18.5. The predicted molar refractivity (Wildman–Crippen MR) is 125 cm³/mol. The zero-order chi connectivity index (χ0) is 21.1. The van der Waals surface area contributed by atoms with E-state index < -0.39 is 0 Å². The number of hydrogen-bond donors (Lipinski definition) is 0. The Morgan fingerprint density at radius 1 is 1.07 bits per heavy atom. The number of benzene rings is 2. The molecule has 2 aromatic heterocycles. The van der Waals surface area contributed by atoms with Crippen LogP contribution in [0, 0.1) is 13.8 Å². The molecule has 0 aliphatic rings. The Labute approximate surface area is 180 Å². The second-order valence-electron chi connectivity index (χ2n) is 7.59. The first-order valence-electron chi connectivity index (χ1n) is 10.3. The van der Waals surface area contributed by atoms with E-state index in [1.165, 1.54) is 28.0 Å². The second kappa shape index (κ2) is 8.84. The maximum atomic E-state index is 13.2. The van der Waals surface area contributed by atoms with Crippen molar-refractivity contribution in [3.05, 3.63) is 81.2 Å². The van der Waals surface area contributed by atoms with Gasteiger partial charge in [-0.25, -0.2) is 4.98 Å².